The Morgan fingerprint density at radius 2 is 1.62 bits per heavy atom. The molecule has 2 aromatic carbocycles. The first-order valence-electron chi connectivity index (χ1n) is 7.84. The largest absolute Gasteiger partial charge is 0.399 e. The summed E-state index contributed by atoms with van der Waals surface area (Å²) in [4.78, 5) is 0. The van der Waals surface area contributed by atoms with Crippen molar-refractivity contribution in [3.05, 3.63) is 58.7 Å². The van der Waals surface area contributed by atoms with Crippen LogP contribution >= 0.6 is 0 Å². The average molecular weight is 282 g/mol. The number of benzene rings is 2. The maximum Gasteiger partial charge on any atom is 0.0370 e. The molecular formula is C19H26N2. The van der Waals surface area contributed by atoms with Gasteiger partial charge in [0.1, 0.15) is 0 Å². The molecule has 0 fully saturated rings. The van der Waals surface area contributed by atoms with Crippen molar-refractivity contribution >= 4 is 11.4 Å². The first-order valence-corrected chi connectivity index (χ1v) is 7.84. The third-order valence-corrected chi connectivity index (χ3v) is 3.95. The quantitative estimate of drug-likeness (QED) is 0.770. The summed E-state index contributed by atoms with van der Waals surface area (Å²) in [6, 6.07) is 13.1. The van der Waals surface area contributed by atoms with Crippen molar-refractivity contribution in [2.75, 3.05) is 18.1 Å². The molecule has 21 heavy (non-hydrogen) atoms. The smallest absolute Gasteiger partial charge is 0.0370 e. The maximum absolute atomic E-state index is 6.04. The molecule has 0 radical (unpaired) electrons. The lowest BCUT2D eigenvalue weighted by molar-refractivity contribution is 0.921. The van der Waals surface area contributed by atoms with Crippen molar-refractivity contribution in [3.63, 3.8) is 0 Å². The summed E-state index contributed by atoms with van der Waals surface area (Å²) in [5, 5.41) is 3.25. The number of nitrogens with one attached hydrogen (secondary N) is 1. The Bertz CT molecular complexity index is 603. The molecule has 2 aromatic rings. The van der Waals surface area contributed by atoms with Gasteiger partial charge in [0.15, 0.2) is 0 Å². The highest BCUT2D eigenvalue weighted by molar-refractivity contribution is 5.54. The van der Waals surface area contributed by atoms with Crippen LogP contribution in [0.4, 0.5) is 11.4 Å². The molecule has 2 rings (SSSR count). The highest BCUT2D eigenvalue weighted by atomic mass is 14.8. The Morgan fingerprint density at radius 1 is 0.952 bits per heavy atom. The van der Waals surface area contributed by atoms with Gasteiger partial charge in [-0.15, -0.1) is 0 Å². The Labute approximate surface area is 128 Å². The normalized spacial score (nSPS) is 10.6. The predicted molar refractivity (Wildman–Crippen MR) is 93.0 cm³/mol. The van der Waals surface area contributed by atoms with Crippen LogP contribution < -0.4 is 11.1 Å². The summed E-state index contributed by atoms with van der Waals surface area (Å²) in [5.74, 6) is 0. The molecule has 3 N–H and O–H groups in total. The first kappa shape index (κ1) is 15.4. The second-order valence-electron chi connectivity index (χ2n) is 5.55. The van der Waals surface area contributed by atoms with Gasteiger partial charge in [-0.1, -0.05) is 44.5 Å². The molecular weight excluding hydrogens is 256 g/mol. The number of nitrogens with two attached hydrogens (primary N) is 1. The topological polar surface area (TPSA) is 38.0 Å². The lowest BCUT2D eigenvalue weighted by Gasteiger charge is -2.11. The molecule has 0 spiro atoms. The van der Waals surface area contributed by atoms with Crippen LogP contribution in [0.25, 0.3) is 0 Å². The molecule has 2 heteroatoms. The molecule has 0 aliphatic heterocycles. The molecule has 0 amide bonds. The van der Waals surface area contributed by atoms with Crippen LogP contribution in [0.3, 0.4) is 0 Å². The van der Waals surface area contributed by atoms with E-state index in [0.29, 0.717) is 0 Å². The monoisotopic (exact) mass is 282 g/mol. The summed E-state index contributed by atoms with van der Waals surface area (Å²) in [6.45, 7) is 4.39. The van der Waals surface area contributed by atoms with Gasteiger partial charge in [0.25, 0.3) is 0 Å². The summed E-state index contributed by atoms with van der Waals surface area (Å²) in [6.07, 6.45) is 4.20. The van der Waals surface area contributed by atoms with Crippen molar-refractivity contribution in [1.82, 2.24) is 0 Å². The fraction of sp³-hybridized carbons (Fsp3) is 0.368. The van der Waals surface area contributed by atoms with Gasteiger partial charge in [-0.25, -0.2) is 0 Å². The van der Waals surface area contributed by atoms with Crippen LogP contribution in [-0.4, -0.2) is 7.05 Å². The summed E-state index contributed by atoms with van der Waals surface area (Å²) in [5.41, 5.74) is 13.5. The van der Waals surface area contributed by atoms with Gasteiger partial charge < -0.3 is 11.1 Å². The van der Waals surface area contributed by atoms with Crippen LogP contribution in [0.15, 0.2) is 36.4 Å². The molecule has 0 bridgehead atoms. The molecule has 0 saturated carbocycles. The highest BCUT2D eigenvalue weighted by Gasteiger charge is 2.04. The lowest BCUT2D eigenvalue weighted by Crippen LogP contribution is -1.99. The molecule has 0 aromatic heterocycles. The summed E-state index contributed by atoms with van der Waals surface area (Å²) >= 11 is 0. The second-order valence-corrected chi connectivity index (χ2v) is 5.55. The fourth-order valence-corrected chi connectivity index (χ4v) is 2.78. The van der Waals surface area contributed by atoms with E-state index in [1.165, 1.54) is 27.9 Å². The predicted octanol–water partition coefficient (Wildman–Crippen LogP) is 4.42. The van der Waals surface area contributed by atoms with Crippen molar-refractivity contribution in [2.24, 2.45) is 0 Å². The van der Waals surface area contributed by atoms with E-state index in [-0.39, 0.29) is 0 Å². The van der Waals surface area contributed by atoms with E-state index < -0.39 is 0 Å². The first-order chi connectivity index (χ1) is 10.2. The van der Waals surface area contributed by atoms with Crippen LogP contribution in [0.5, 0.6) is 0 Å². The fourth-order valence-electron chi connectivity index (χ4n) is 2.78. The SMILES string of the molecule is CCCc1cc(Cc2ccc(NC)c(CC)c2)ccc1N. The van der Waals surface area contributed by atoms with Gasteiger partial charge in [-0.3, -0.25) is 0 Å². The molecule has 2 nitrogen and oxygen atoms in total. The van der Waals surface area contributed by atoms with Crippen molar-refractivity contribution in [3.8, 4) is 0 Å². The van der Waals surface area contributed by atoms with Crippen LogP contribution in [0, 0.1) is 0 Å². The third-order valence-electron chi connectivity index (χ3n) is 3.95. The zero-order valence-electron chi connectivity index (χ0n) is 13.4. The number of anilines is 2. The van der Waals surface area contributed by atoms with E-state index in [0.717, 1.165) is 31.4 Å². The minimum Gasteiger partial charge on any atom is -0.399 e. The van der Waals surface area contributed by atoms with Gasteiger partial charge in [0, 0.05) is 18.4 Å². The van der Waals surface area contributed by atoms with E-state index in [4.69, 9.17) is 5.73 Å². The van der Waals surface area contributed by atoms with Crippen molar-refractivity contribution in [1.29, 1.82) is 0 Å². The van der Waals surface area contributed by atoms with Gasteiger partial charge in [-0.05, 0) is 53.6 Å². The molecule has 0 aliphatic carbocycles. The molecule has 112 valence electrons. The Balaban J connectivity index is 2.23. The Hall–Kier alpha value is -1.96. The van der Waals surface area contributed by atoms with E-state index >= 15 is 0 Å². The molecule has 0 saturated heterocycles. The molecule has 0 atom stereocenters. The van der Waals surface area contributed by atoms with E-state index in [1.54, 1.807) is 0 Å². The third kappa shape index (κ3) is 3.78. The van der Waals surface area contributed by atoms with Crippen LogP contribution in [0.1, 0.15) is 42.5 Å². The minimum atomic E-state index is 0.917. The standard InChI is InChI=1S/C19H26N2/c1-4-6-17-13-14(7-9-18(17)20)11-15-8-10-19(21-3)16(5-2)12-15/h7-10,12-13,21H,4-6,11,20H2,1-3H3. The van der Waals surface area contributed by atoms with Gasteiger partial charge in [0.05, 0.1) is 0 Å². The Kier molecular flexibility index (Phi) is 5.26. The molecule has 0 aliphatic rings. The summed E-state index contributed by atoms with van der Waals surface area (Å²) in [7, 11) is 1.98. The van der Waals surface area contributed by atoms with Crippen molar-refractivity contribution in [2.45, 2.75) is 39.5 Å². The lowest BCUT2D eigenvalue weighted by atomic mass is 9.97. The zero-order chi connectivity index (χ0) is 15.2. The van der Waals surface area contributed by atoms with Gasteiger partial charge >= 0.3 is 0 Å². The second kappa shape index (κ2) is 7.16. The maximum atomic E-state index is 6.04. The zero-order valence-corrected chi connectivity index (χ0v) is 13.4. The Morgan fingerprint density at radius 3 is 2.24 bits per heavy atom. The van der Waals surface area contributed by atoms with Crippen LogP contribution in [0.2, 0.25) is 0 Å². The van der Waals surface area contributed by atoms with E-state index in [9.17, 15) is 0 Å². The molecule has 0 unspecified atom stereocenters. The number of hydrogen-bond acceptors (Lipinski definition) is 2. The van der Waals surface area contributed by atoms with E-state index in [1.807, 2.05) is 13.1 Å². The average Bonchev–Trinajstić information content (AvgIpc) is 2.50. The number of aryl methyl sites for hydroxylation is 2. The van der Waals surface area contributed by atoms with Crippen molar-refractivity contribution < 1.29 is 0 Å². The summed E-state index contributed by atoms with van der Waals surface area (Å²) < 4.78 is 0. The minimum absolute atomic E-state index is 0.917. The van der Waals surface area contributed by atoms with Gasteiger partial charge in [-0.2, -0.15) is 0 Å². The highest BCUT2D eigenvalue weighted by Crippen LogP contribution is 2.22. The van der Waals surface area contributed by atoms with Gasteiger partial charge in [0.2, 0.25) is 0 Å². The number of nitrogen functional groups attached to an aromatic ring is 1. The van der Waals surface area contributed by atoms with E-state index in [2.05, 4.69) is 49.5 Å². The van der Waals surface area contributed by atoms with Crippen LogP contribution in [-0.2, 0) is 19.3 Å². The number of rotatable bonds is 6. The number of hydrogen-bond donors (Lipinski definition) is 2. The molecule has 0 heterocycles.